The molecule has 1 heterocycles. The van der Waals surface area contributed by atoms with Gasteiger partial charge in [0.15, 0.2) is 11.6 Å². The fourth-order valence-electron chi connectivity index (χ4n) is 2.40. The molecule has 126 valence electrons. The highest BCUT2D eigenvalue weighted by Crippen LogP contribution is 2.28. The van der Waals surface area contributed by atoms with Crippen LogP contribution in [-0.2, 0) is 0 Å². The first-order valence-corrected chi connectivity index (χ1v) is 7.95. The van der Waals surface area contributed by atoms with Crippen molar-refractivity contribution in [3.8, 4) is 11.5 Å². The zero-order valence-electron chi connectivity index (χ0n) is 13.7. The number of carbonyl (C=O) groups is 1. The van der Waals surface area contributed by atoms with Crippen LogP contribution in [0.25, 0.3) is 0 Å². The van der Waals surface area contributed by atoms with E-state index in [1.165, 1.54) is 12.3 Å². The van der Waals surface area contributed by atoms with Crippen LogP contribution < -0.4 is 10.1 Å². The molecular weight excluding hydrogens is 309 g/mol. The van der Waals surface area contributed by atoms with Gasteiger partial charge in [0.1, 0.15) is 5.75 Å². The lowest BCUT2D eigenvalue weighted by Crippen LogP contribution is -2.39. The average molecular weight is 329 g/mol. The van der Waals surface area contributed by atoms with Crippen LogP contribution in [0.1, 0.15) is 31.4 Å². The van der Waals surface area contributed by atoms with Gasteiger partial charge < -0.3 is 15.0 Å². The topological polar surface area (TPSA) is 54.5 Å². The number of rotatable bonds is 5. The molecule has 24 heavy (non-hydrogen) atoms. The predicted octanol–water partition coefficient (Wildman–Crippen LogP) is 3.88. The molecule has 2 aromatic rings. The summed E-state index contributed by atoms with van der Waals surface area (Å²) in [7, 11) is 1.78. The standard InChI is InChI=1S/C18H20FN3O2/c1-12(21-18(23)22(2)14-6-7-14)13-5-8-17(16(19)10-13)24-15-4-3-9-20-11-15/h3-5,8-12,14H,6-7H2,1-2H3,(H,21,23). The Bertz CT molecular complexity index is 719. The van der Waals surface area contributed by atoms with E-state index in [2.05, 4.69) is 10.3 Å². The Morgan fingerprint density at radius 1 is 1.42 bits per heavy atom. The van der Waals surface area contributed by atoms with E-state index in [1.54, 1.807) is 42.4 Å². The molecule has 1 aromatic heterocycles. The van der Waals surface area contributed by atoms with Crippen LogP contribution in [0.4, 0.5) is 9.18 Å². The summed E-state index contributed by atoms with van der Waals surface area (Å²) in [5.74, 6) is 0.116. The number of carbonyl (C=O) groups excluding carboxylic acids is 1. The van der Waals surface area contributed by atoms with Crippen LogP contribution in [0, 0.1) is 5.82 Å². The molecule has 5 nitrogen and oxygen atoms in total. The third-order valence-electron chi connectivity index (χ3n) is 4.07. The lowest BCUT2D eigenvalue weighted by molar-refractivity contribution is 0.203. The zero-order valence-corrected chi connectivity index (χ0v) is 13.7. The van der Waals surface area contributed by atoms with Gasteiger partial charge in [-0.2, -0.15) is 0 Å². The number of hydrogen-bond acceptors (Lipinski definition) is 3. The number of urea groups is 1. The summed E-state index contributed by atoms with van der Waals surface area (Å²) in [6.07, 6.45) is 5.24. The van der Waals surface area contributed by atoms with E-state index in [1.807, 2.05) is 6.92 Å². The highest BCUT2D eigenvalue weighted by molar-refractivity contribution is 5.75. The third-order valence-corrected chi connectivity index (χ3v) is 4.07. The Hall–Kier alpha value is -2.63. The lowest BCUT2D eigenvalue weighted by Gasteiger charge is -2.21. The smallest absolute Gasteiger partial charge is 0.317 e. The quantitative estimate of drug-likeness (QED) is 0.906. The van der Waals surface area contributed by atoms with Crippen molar-refractivity contribution in [2.24, 2.45) is 0 Å². The number of amides is 2. The number of ether oxygens (including phenoxy) is 1. The molecule has 1 atom stereocenters. The SMILES string of the molecule is CC(NC(=O)N(C)C1CC1)c1ccc(Oc2cccnc2)c(F)c1. The Balaban J connectivity index is 1.66. The molecule has 1 fully saturated rings. The van der Waals surface area contributed by atoms with Gasteiger partial charge in [0.05, 0.1) is 12.2 Å². The minimum absolute atomic E-state index is 0.125. The van der Waals surface area contributed by atoms with Gasteiger partial charge in [0, 0.05) is 19.3 Å². The highest BCUT2D eigenvalue weighted by atomic mass is 19.1. The van der Waals surface area contributed by atoms with Gasteiger partial charge in [-0.1, -0.05) is 6.07 Å². The lowest BCUT2D eigenvalue weighted by atomic mass is 10.1. The van der Waals surface area contributed by atoms with Gasteiger partial charge >= 0.3 is 6.03 Å². The number of hydrogen-bond donors (Lipinski definition) is 1. The van der Waals surface area contributed by atoms with Gasteiger partial charge in [-0.25, -0.2) is 9.18 Å². The van der Waals surface area contributed by atoms with E-state index >= 15 is 0 Å². The van der Waals surface area contributed by atoms with E-state index in [0.29, 0.717) is 17.4 Å². The Kier molecular flexibility index (Phi) is 4.64. The predicted molar refractivity (Wildman–Crippen MR) is 88.4 cm³/mol. The monoisotopic (exact) mass is 329 g/mol. The minimum atomic E-state index is -0.479. The molecule has 0 aliphatic heterocycles. The molecule has 1 saturated carbocycles. The number of pyridine rings is 1. The van der Waals surface area contributed by atoms with Crippen molar-refractivity contribution in [1.82, 2.24) is 15.2 Å². The second-order valence-electron chi connectivity index (χ2n) is 5.99. The third kappa shape index (κ3) is 3.82. The van der Waals surface area contributed by atoms with Gasteiger partial charge in [0.2, 0.25) is 0 Å². The number of aromatic nitrogens is 1. The average Bonchev–Trinajstić information content (AvgIpc) is 3.41. The van der Waals surface area contributed by atoms with Crippen molar-refractivity contribution in [3.05, 3.63) is 54.1 Å². The largest absolute Gasteiger partial charge is 0.453 e. The zero-order chi connectivity index (χ0) is 17.1. The first kappa shape index (κ1) is 16.2. The molecule has 0 bridgehead atoms. The Labute approximate surface area is 140 Å². The number of benzene rings is 1. The van der Waals surface area contributed by atoms with E-state index in [-0.39, 0.29) is 17.8 Å². The fourth-order valence-corrected chi connectivity index (χ4v) is 2.40. The second kappa shape index (κ2) is 6.86. The maximum Gasteiger partial charge on any atom is 0.317 e. The second-order valence-corrected chi connectivity index (χ2v) is 5.99. The molecule has 2 amide bonds. The van der Waals surface area contributed by atoms with E-state index < -0.39 is 5.82 Å². The molecule has 0 saturated heterocycles. The maximum atomic E-state index is 14.3. The molecule has 6 heteroatoms. The van der Waals surface area contributed by atoms with Crippen molar-refractivity contribution >= 4 is 6.03 Å². The summed E-state index contributed by atoms with van der Waals surface area (Å²) in [4.78, 5) is 17.7. The van der Waals surface area contributed by atoms with Crippen molar-refractivity contribution in [1.29, 1.82) is 0 Å². The summed E-state index contributed by atoms with van der Waals surface area (Å²) < 4.78 is 19.7. The molecular formula is C18H20FN3O2. The summed E-state index contributed by atoms with van der Waals surface area (Å²) in [6.45, 7) is 1.83. The van der Waals surface area contributed by atoms with Gasteiger partial charge in [-0.3, -0.25) is 4.98 Å². The molecule has 1 aromatic carbocycles. The molecule has 1 aliphatic rings. The molecule has 3 rings (SSSR count). The van der Waals surface area contributed by atoms with Crippen molar-refractivity contribution < 1.29 is 13.9 Å². The minimum Gasteiger partial charge on any atom is -0.453 e. The van der Waals surface area contributed by atoms with Crippen LogP contribution in [0.3, 0.4) is 0 Å². The first-order chi connectivity index (χ1) is 11.5. The van der Waals surface area contributed by atoms with Crippen LogP contribution in [0.2, 0.25) is 0 Å². The van der Waals surface area contributed by atoms with Gasteiger partial charge in [-0.05, 0) is 49.6 Å². The first-order valence-electron chi connectivity index (χ1n) is 7.95. The van der Waals surface area contributed by atoms with Crippen LogP contribution in [0.5, 0.6) is 11.5 Å². The van der Waals surface area contributed by atoms with E-state index in [9.17, 15) is 9.18 Å². The molecule has 1 unspecified atom stereocenters. The number of nitrogens with one attached hydrogen (secondary N) is 1. The molecule has 0 radical (unpaired) electrons. The molecule has 1 aliphatic carbocycles. The van der Waals surface area contributed by atoms with E-state index in [4.69, 9.17) is 4.74 Å². The van der Waals surface area contributed by atoms with Crippen molar-refractivity contribution in [3.63, 3.8) is 0 Å². The summed E-state index contributed by atoms with van der Waals surface area (Å²) in [5, 5.41) is 2.88. The van der Waals surface area contributed by atoms with Gasteiger partial charge in [-0.15, -0.1) is 0 Å². The molecule has 0 spiro atoms. The summed E-state index contributed by atoms with van der Waals surface area (Å²) in [5.41, 5.74) is 0.684. The number of nitrogens with zero attached hydrogens (tertiary/aromatic N) is 2. The van der Waals surface area contributed by atoms with E-state index in [0.717, 1.165) is 12.8 Å². The summed E-state index contributed by atoms with van der Waals surface area (Å²) in [6, 6.07) is 8.02. The fraction of sp³-hybridized carbons (Fsp3) is 0.333. The summed E-state index contributed by atoms with van der Waals surface area (Å²) >= 11 is 0. The Morgan fingerprint density at radius 2 is 2.21 bits per heavy atom. The van der Waals surface area contributed by atoms with Crippen LogP contribution in [-0.4, -0.2) is 29.0 Å². The molecule has 1 N–H and O–H groups in total. The number of halogens is 1. The normalized spacial score (nSPS) is 14.8. The van der Waals surface area contributed by atoms with Crippen LogP contribution in [0.15, 0.2) is 42.7 Å². The van der Waals surface area contributed by atoms with Crippen molar-refractivity contribution in [2.45, 2.75) is 31.8 Å². The van der Waals surface area contributed by atoms with Gasteiger partial charge in [0.25, 0.3) is 0 Å². The van der Waals surface area contributed by atoms with Crippen molar-refractivity contribution in [2.75, 3.05) is 7.05 Å². The maximum absolute atomic E-state index is 14.3. The highest BCUT2D eigenvalue weighted by Gasteiger charge is 2.30. The van der Waals surface area contributed by atoms with Crippen LogP contribution >= 0.6 is 0 Å². The Morgan fingerprint density at radius 3 is 2.83 bits per heavy atom.